The number of unbranched alkanes of at least 4 members (excludes halogenated alkanes) is 2. The average Bonchev–Trinajstić information content (AvgIpc) is 2.74. The Morgan fingerprint density at radius 3 is 2.23 bits per heavy atom. The third-order valence-electron chi connectivity index (χ3n) is 4.51. The van der Waals surface area contributed by atoms with E-state index in [9.17, 15) is 22.4 Å². The van der Waals surface area contributed by atoms with Crippen molar-refractivity contribution >= 4 is 33.3 Å². The quantitative estimate of drug-likeness (QED) is 0.170. The van der Waals surface area contributed by atoms with E-state index in [-0.39, 0.29) is 17.2 Å². The zero-order valence-corrected chi connectivity index (χ0v) is 17.9. The number of rotatable bonds is 10. The highest BCUT2D eigenvalue weighted by Gasteiger charge is 2.13. The van der Waals surface area contributed by atoms with Crippen LogP contribution in [0.25, 0.3) is 11.6 Å². The topological polar surface area (TPSA) is 113 Å². The van der Waals surface area contributed by atoms with Gasteiger partial charge in [0.05, 0.1) is 4.90 Å². The molecule has 0 heterocycles. The van der Waals surface area contributed by atoms with Crippen LogP contribution in [0.4, 0.5) is 4.39 Å². The van der Waals surface area contributed by atoms with Gasteiger partial charge >= 0.3 is 0 Å². The Labute approximate surface area is 180 Å². The maximum atomic E-state index is 13.3. The van der Waals surface area contributed by atoms with Gasteiger partial charge in [0.25, 0.3) is 5.91 Å². The maximum absolute atomic E-state index is 13.3. The molecule has 31 heavy (non-hydrogen) atoms. The van der Waals surface area contributed by atoms with Crippen molar-refractivity contribution in [1.82, 2.24) is 10.8 Å². The Hall–Kier alpha value is -3.04. The summed E-state index contributed by atoms with van der Waals surface area (Å²) in [5.41, 5.74) is 3.02. The molecule has 2 aromatic rings. The summed E-state index contributed by atoms with van der Waals surface area (Å²) in [7, 11) is -3.33. The molecule has 2 amide bonds. The Morgan fingerprint density at radius 2 is 1.65 bits per heavy atom. The number of nitrogens with one attached hydrogen (secondary N) is 2. The molecule has 0 aliphatic rings. The maximum Gasteiger partial charge on any atom is 0.251 e. The molecule has 7 nitrogen and oxygen atoms in total. The van der Waals surface area contributed by atoms with Crippen LogP contribution in [0.1, 0.15) is 36.8 Å². The van der Waals surface area contributed by atoms with Crippen LogP contribution in [-0.2, 0) is 19.4 Å². The van der Waals surface area contributed by atoms with Crippen molar-refractivity contribution in [1.29, 1.82) is 0 Å². The number of carbonyl (C=O) groups excluding carboxylic acids is 2. The lowest BCUT2D eigenvalue weighted by Crippen LogP contribution is -2.25. The molecule has 0 atom stereocenters. The highest BCUT2D eigenvalue weighted by Crippen LogP contribution is 2.20. The van der Waals surface area contributed by atoms with Crippen LogP contribution >= 0.6 is 0 Å². The van der Waals surface area contributed by atoms with Crippen LogP contribution < -0.4 is 10.8 Å². The van der Waals surface area contributed by atoms with Crippen molar-refractivity contribution in [3.63, 3.8) is 0 Å². The number of hydrogen-bond acceptors (Lipinski definition) is 5. The molecular formula is C22H25FN2O5S. The van der Waals surface area contributed by atoms with Crippen molar-refractivity contribution < 1.29 is 27.6 Å². The molecule has 0 aliphatic heterocycles. The molecule has 0 bridgehead atoms. The third kappa shape index (κ3) is 7.95. The number of halogens is 1. The Kier molecular flexibility index (Phi) is 8.89. The summed E-state index contributed by atoms with van der Waals surface area (Å²) in [6, 6.07) is 11.6. The van der Waals surface area contributed by atoms with E-state index in [2.05, 4.69) is 5.32 Å². The van der Waals surface area contributed by atoms with Gasteiger partial charge in [0, 0.05) is 24.8 Å². The lowest BCUT2D eigenvalue weighted by Gasteiger charge is -2.10. The molecule has 0 saturated heterocycles. The highest BCUT2D eigenvalue weighted by atomic mass is 32.2. The van der Waals surface area contributed by atoms with E-state index in [0.717, 1.165) is 6.26 Å². The molecule has 0 aliphatic carbocycles. The molecule has 0 radical (unpaired) electrons. The smallest absolute Gasteiger partial charge is 0.251 e. The average molecular weight is 449 g/mol. The summed E-state index contributed by atoms with van der Waals surface area (Å²) in [5.74, 6) is -1.23. The van der Waals surface area contributed by atoms with Crippen molar-refractivity contribution in [3.05, 3.63) is 65.5 Å². The van der Waals surface area contributed by atoms with Gasteiger partial charge < -0.3 is 5.32 Å². The van der Waals surface area contributed by atoms with Crippen LogP contribution in [0.15, 0.2) is 53.4 Å². The molecule has 0 unspecified atom stereocenters. The summed E-state index contributed by atoms with van der Waals surface area (Å²) in [5, 5.41) is 11.3. The van der Waals surface area contributed by atoms with Crippen LogP contribution in [0.5, 0.6) is 0 Å². The first-order valence-corrected chi connectivity index (χ1v) is 11.6. The second-order valence-corrected chi connectivity index (χ2v) is 9.02. The predicted octanol–water partition coefficient (Wildman–Crippen LogP) is 2.95. The van der Waals surface area contributed by atoms with E-state index < -0.39 is 21.6 Å². The Morgan fingerprint density at radius 1 is 1.00 bits per heavy atom. The van der Waals surface area contributed by atoms with Crippen molar-refractivity contribution in [2.45, 2.75) is 30.6 Å². The molecular weight excluding hydrogens is 423 g/mol. The highest BCUT2D eigenvalue weighted by molar-refractivity contribution is 7.90. The van der Waals surface area contributed by atoms with Crippen molar-refractivity contribution in [2.24, 2.45) is 0 Å². The number of carbonyl (C=O) groups is 2. The van der Waals surface area contributed by atoms with E-state index in [1.165, 1.54) is 36.4 Å². The molecule has 2 aromatic carbocycles. The standard InChI is InChI=1S/C22H25FN2O5S/c1-31(29,30)19-12-6-16(7-13-19)15-20(17-8-10-18(23)11-9-17)22(27)24-14-4-2-3-5-21(26)25-28/h6-13,15,28H,2-5,14H2,1H3,(H,24,27)(H,25,26)/b20-15-. The van der Waals surface area contributed by atoms with Gasteiger partial charge in [0.2, 0.25) is 5.91 Å². The normalized spacial score (nSPS) is 11.8. The van der Waals surface area contributed by atoms with Gasteiger partial charge in [-0.2, -0.15) is 0 Å². The van der Waals surface area contributed by atoms with E-state index in [1.807, 2.05) is 0 Å². The van der Waals surface area contributed by atoms with Crippen LogP contribution in [0.3, 0.4) is 0 Å². The van der Waals surface area contributed by atoms with Crippen molar-refractivity contribution in [2.75, 3.05) is 12.8 Å². The van der Waals surface area contributed by atoms with Crippen LogP contribution in [0, 0.1) is 5.82 Å². The molecule has 0 fully saturated rings. The summed E-state index contributed by atoms with van der Waals surface area (Å²) in [6.07, 6.45) is 4.84. The van der Waals surface area contributed by atoms with E-state index >= 15 is 0 Å². The number of sulfone groups is 1. The van der Waals surface area contributed by atoms with Gasteiger partial charge in [-0.25, -0.2) is 18.3 Å². The second-order valence-electron chi connectivity index (χ2n) is 7.01. The second kappa shape index (κ2) is 11.4. The summed E-state index contributed by atoms with van der Waals surface area (Å²) in [6.45, 7) is 0.380. The number of amides is 2. The minimum absolute atomic E-state index is 0.173. The fourth-order valence-electron chi connectivity index (χ4n) is 2.83. The van der Waals surface area contributed by atoms with Gasteiger partial charge in [0.1, 0.15) is 5.82 Å². The van der Waals surface area contributed by atoms with Gasteiger partial charge in [-0.05, 0) is 54.3 Å². The fourth-order valence-corrected chi connectivity index (χ4v) is 3.46. The first-order valence-electron chi connectivity index (χ1n) is 9.69. The van der Waals surface area contributed by atoms with E-state index in [4.69, 9.17) is 5.21 Å². The lowest BCUT2D eigenvalue weighted by molar-refractivity contribution is -0.129. The van der Waals surface area contributed by atoms with Gasteiger partial charge in [-0.15, -0.1) is 0 Å². The third-order valence-corrected chi connectivity index (χ3v) is 5.64. The summed E-state index contributed by atoms with van der Waals surface area (Å²) >= 11 is 0. The van der Waals surface area contributed by atoms with Gasteiger partial charge in [-0.1, -0.05) is 30.7 Å². The molecule has 9 heteroatoms. The summed E-state index contributed by atoms with van der Waals surface area (Å²) < 4.78 is 36.6. The minimum atomic E-state index is -3.33. The summed E-state index contributed by atoms with van der Waals surface area (Å²) in [4.78, 5) is 23.9. The zero-order chi connectivity index (χ0) is 22.9. The van der Waals surface area contributed by atoms with Crippen LogP contribution in [-0.4, -0.2) is 38.2 Å². The first-order chi connectivity index (χ1) is 14.7. The van der Waals surface area contributed by atoms with Gasteiger partial charge in [-0.3, -0.25) is 14.8 Å². The van der Waals surface area contributed by atoms with Crippen LogP contribution in [0.2, 0.25) is 0 Å². The van der Waals surface area contributed by atoms with E-state index in [1.54, 1.807) is 23.7 Å². The largest absolute Gasteiger partial charge is 0.352 e. The number of hydrogen-bond donors (Lipinski definition) is 3. The van der Waals surface area contributed by atoms with E-state index in [0.29, 0.717) is 42.5 Å². The zero-order valence-electron chi connectivity index (χ0n) is 17.1. The molecule has 2 rings (SSSR count). The SMILES string of the molecule is CS(=O)(=O)c1ccc(/C=C(\C(=O)NCCCCCC(=O)NO)c2ccc(F)cc2)cc1. The Bertz CT molecular complexity index is 1030. The fraction of sp³-hybridized carbons (Fsp3) is 0.273. The first kappa shape index (κ1) is 24.2. The molecule has 166 valence electrons. The number of benzene rings is 2. The van der Waals surface area contributed by atoms with Crippen molar-refractivity contribution in [3.8, 4) is 0 Å². The molecule has 3 N–H and O–H groups in total. The number of hydroxylamine groups is 1. The lowest BCUT2D eigenvalue weighted by atomic mass is 10.0. The minimum Gasteiger partial charge on any atom is -0.352 e. The molecule has 0 saturated carbocycles. The molecule has 0 aromatic heterocycles. The Balaban J connectivity index is 2.12. The predicted molar refractivity (Wildman–Crippen MR) is 115 cm³/mol. The monoisotopic (exact) mass is 448 g/mol. The molecule has 0 spiro atoms. The van der Waals surface area contributed by atoms with Gasteiger partial charge in [0.15, 0.2) is 9.84 Å².